The summed E-state index contributed by atoms with van der Waals surface area (Å²) in [5.74, 6) is -0.342. The van der Waals surface area contributed by atoms with Crippen LogP contribution in [0.1, 0.15) is 30.1 Å². The van der Waals surface area contributed by atoms with Crippen molar-refractivity contribution < 1.29 is 14.2 Å². The lowest BCUT2D eigenvalue weighted by Crippen LogP contribution is -2.03. The largest absolute Gasteiger partial charge is 0.388 e. The summed E-state index contributed by atoms with van der Waals surface area (Å²) in [6, 6.07) is 4.78. The van der Waals surface area contributed by atoms with E-state index in [9.17, 15) is 9.50 Å². The summed E-state index contributed by atoms with van der Waals surface area (Å²) >= 11 is 0. The number of hydrogen-bond donors (Lipinski definition) is 1. The van der Waals surface area contributed by atoms with Gasteiger partial charge in [0.15, 0.2) is 0 Å². The Labute approximate surface area is 89.7 Å². The van der Waals surface area contributed by atoms with Crippen LogP contribution in [-0.4, -0.2) is 18.8 Å². The van der Waals surface area contributed by atoms with Gasteiger partial charge < -0.3 is 9.84 Å². The summed E-state index contributed by atoms with van der Waals surface area (Å²) in [4.78, 5) is 0. The van der Waals surface area contributed by atoms with E-state index < -0.39 is 6.10 Å². The van der Waals surface area contributed by atoms with E-state index in [0.717, 1.165) is 12.0 Å². The molecule has 0 saturated heterocycles. The minimum Gasteiger partial charge on any atom is -0.388 e. The van der Waals surface area contributed by atoms with Crippen LogP contribution in [0, 0.1) is 12.7 Å². The number of halogens is 1. The van der Waals surface area contributed by atoms with E-state index >= 15 is 0 Å². The summed E-state index contributed by atoms with van der Waals surface area (Å²) in [6.07, 6.45) is 0.513. The predicted octanol–water partition coefficient (Wildman–Crippen LogP) is 2.59. The van der Waals surface area contributed by atoms with Gasteiger partial charge in [0.1, 0.15) is 5.82 Å². The zero-order valence-electron chi connectivity index (χ0n) is 9.16. The van der Waals surface area contributed by atoms with E-state index in [1.165, 1.54) is 6.07 Å². The average molecular weight is 212 g/mol. The lowest BCUT2D eigenvalue weighted by molar-refractivity contribution is 0.133. The Morgan fingerprint density at radius 3 is 2.87 bits per heavy atom. The molecule has 1 rings (SSSR count). The number of rotatable bonds is 5. The van der Waals surface area contributed by atoms with Gasteiger partial charge in [-0.05, 0) is 25.8 Å². The van der Waals surface area contributed by atoms with E-state index in [0.29, 0.717) is 18.6 Å². The summed E-state index contributed by atoms with van der Waals surface area (Å²) in [7, 11) is 1.61. The molecule has 1 N–H and O–H groups in total. The SMILES string of the molecule is COCCCC(O)c1cc(C)ccc1F. The van der Waals surface area contributed by atoms with Crippen LogP contribution >= 0.6 is 0 Å². The molecule has 1 unspecified atom stereocenters. The number of benzene rings is 1. The van der Waals surface area contributed by atoms with Crippen molar-refractivity contribution in [2.24, 2.45) is 0 Å². The second-order valence-corrected chi connectivity index (χ2v) is 3.68. The Morgan fingerprint density at radius 1 is 1.47 bits per heavy atom. The number of aliphatic hydroxyl groups excluding tert-OH is 1. The molecule has 0 fully saturated rings. The highest BCUT2D eigenvalue weighted by molar-refractivity contribution is 5.25. The first-order valence-electron chi connectivity index (χ1n) is 5.08. The molecule has 0 saturated carbocycles. The maximum absolute atomic E-state index is 13.3. The molecule has 1 atom stereocenters. The smallest absolute Gasteiger partial charge is 0.129 e. The molecule has 0 aromatic heterocycles. The van der Waals surface area contributed by atoms with Crippen LogP contribution in [-0.2, 0) is 4.74 Å². The minimum atomic E-state index is -0.736. The van der Waals surface area contributed by atoms with Crippen LogP contribution in [0.5, 0.6) is 0 Å². The van der Waals surface area contributed by atoms with E-state index in [-0.39, 0.29) is 5.82 Å². The summed E-state index contributed by atoms with van der Waals surface area (Å²) in [6.45, 7) is 2.47. The quantitative estimate of drug-likeness (QED) is 0.760. The lowest BCUT2D eigenvalue weighted by Gasteiger charge is -2.12. The van der Waals surface area contributed by atoms with Crippen molar-refractivity contribution in [3.05, 3.63) is 35.1 Å². The number of aryl methyl sites for hydroxylation is 1. The average Bonchev–Trinajstić information content (AvgIpc) is 2.22. The molecule has 0 heterocycles. The fourth-order valence-corrected chi connectivity index (χ4v) is 1.50. The Morgan fingerprint density at radius 2 is 2.20 bits per heavy atom. The number of ether oxygens (including phenoxy) is 1. The number of methoxy groups -OCH3 is 1. The first kappa shape index (κ1) is 12.1. The Hall–Kier alpha value is -0.930. The Kier molecular flexibility index (Phi) is 4.72. The highest BCUT2D eigenvalue weighted by Crippen LogP contribution is 2.22. The van der Waals surface area contributed by atoms with Crippen molar-refractivity contribution in [1.82, 2.24) is 0 Å². The maximum atomic E-state index is 13.3. The molecule has 0 aliphatic rings. The molecular weight excluding hydrogens is 195 g/mol. The third-order valence-corrected chi connectivity index (χ3v) is 2.34. The van der Waals surface area contributed by atoms with Gasteiger partial charge >= 0.3 is 0 Å². The van der Waals surface area contributed by atoms with E-state index in [1.54, 1.807) is 19.2 Å². The number of hydrogen-bond acceptors (Lipinski definition) is 2. The standard InChI is InChI=1S/C12H17FO2/c1-9-5-6-11(13)10(8-9)12(14)4-3-7-15-2/h5-6,8,12,14H,3-4,7H2,1-2H3. The Balaban J connectivity index is 2.64. The van der Waals surface area contributed by atoms with Crippen LogP contribution in [0.3, 0.4) is 0 Å². The molecule has 1 aromatic rings. The molecule has 0 aliphatic carbocycles. The molecule has 15 heavy (non-hydrogen) atoms. The summed E-state index contributed by atoms with van der Waals surface area (Å²) in [5, 5.41) is 9.76. The molecule has 2 nitrogen and oxygen atoms in total. The second-order valence-electron chi connectivity index (χ2n) is 3.68. The third-order valence-electron chi connectivity index (χ3n) is 2.34. The zero-order chi connectivity index (χ0) is 11.3. The van der Waals surface area contributed by atoms with Crippen LogP contribution in [0.15, 0.2) is 18.2 Å². The molecule has 84 valence electrons. The molecule has 3 heteroatoms. The van der Waals surface area contributed by atoms with Crippen molar-refractivity contribution in [3.8, 4) is 0 Å². The first-order chi connectivity index (χ1) is 7.15. The van der Waals surface area contributed by atoms with Gasteiger partial charge in [0.25, 0.3) is 0 Å². The molecular formula is C12H17FO2. The van der Waals surface area contributed by atoms with Gasteiger partial charge in [0.05, 0.1) is 6.10 Å². The highest BCUT2D eigenvalue weighted by atomic mass is 19.1. The summed E-state index contributed by atoms with van der Waals surface area (Å²) in [5.41, 5.74) is 1.34. The molecule has 0 amide bonds. The molecule has 0 radical (unpaired) electrons. The van der Waals surface area contributed by atoms with E-state index in [4.69, 9.17) is 4.74 Å². The van der Waals surface area contributed by atoms with Crippen LogP contribution in [0.25, 0.3) is 0 Å². The highest BCUT2D eigenvalue weighted by Gasteiger charge is 2.12. The molecule has 0 bridgehead atoms. The van der Waals surface area contributed by atoms with Gasteiger partial charge in [-0.25, -0.2) is 4.39 Å². The number of aliphatic hydroxyl groups is 1. The monoisotopic (exact) mass is 212 g/mol. The fourth-order valence-electron chi connectivity index (χ4n) is 1.50. The van der Waals surface area contributed by atoms with Gasteiger partial charge in [0, 0.05) is 19.3 Å². The predicted molar refractivity (Wildman–Crippen MR) is 57.2 cm³/mol. The van der Waals surface area contributed by atoms with Gasteiger partial charge in [0.2, 0.25) is 0 Å². The van der Waals surface area contributed by atoms with Crippen molar-refractivity contribution >= 4 is 0 Å². The normalized spacial score (nSPS) is 12.8. The molecule has 0 spiro atoms. The van der Waals surface area contributed by atoms with E-state index in [2.05, 4.69) is 0 Å². The first-order valence-corrected chi connectivity index (χ1v) is 5.08. The van der Waals surface area contributed by atoms with Gasteiger partial charge in [-0.3, -0.25) is 0 Å². The lowest BCUT2D eigenvalue weighted by atomic mass is 10.0. The van der Waals surface area contributed by atoms with Gasteiger partial charge in [-0.1, -0.05) is 17.7 Å². The maximum Gasteiger partial charge on any atom is 0.129 e. The van der Waals surface area contributed by atoms with Gasteiger partial charge in [-0.2, -0.15) is 0 Å². The Bertz CT molecular complexity index is 312. The molecule has 1 aromatic carbocycles. The second kappa shape index (κ2) is 5.83. The molecule has 0 aliphatic heterocycles. The van der Waals surface area contributed by atoms with Crippen LogP contribution in [0.2, 0.25) is 0 Å². The summed E-state index contributed by atoms with van der Waals surface area (Å²) < 4.78 is 18.2. The van der Waals surface area contributed by atoms with Crippen LogP contribution in [0.4, 0.5) is 4.39 Å². The van der Waals surface area contributed by atoms with Crippen molar-refractivity contribution in [2.75, 3.05) is 13.7 Å². The van der Waals surface area contributed by atoms with Crippen molar-refractivity contribution in [2.45, 2.75) is 25.9 Å². The van der Waals surface area contributed by atoms with E-state index in [1.807, 2.05) is 6.92 Å². The van der Waals surface area contributed by atoms with Gasteiger partial charge in [-0.15, -0.1) is 0 Å². The topological polar surface area (TPSA) is 29.5 Å². The zero-order valence-corrected chi connectivity index (χ0v) is 9.16. The fraction of sp³-hybridized carbons (Fsp3) is 0.500. The van der Waals surface area contributed by atoms with Crippen molar-refractivity contribution in [3.63, 3.8) is 0 Å². The van der Waals surface area contributed by atoms with Crippen LogP contribution < -0.4 is 0 Å². The van der Waals surface area contributed by atoms with Crippen molar-refractivity contribution in [1.29, 1.82) is 0 Å². The minimum absolute atomic E-state index is 0.342. The third kappa shape index (κ3) is 3.61.